The number of aryl methyl sites for hydroxylation is 1. The van der Waals surface area contributed by atoms with Gasteiger partial charge in [0.05, 0.1) is 30.4 Å². The summed E-state index contributed by atoms with van der Waals surface area (Å²) in [6, 6.07) is 19.7. The van der Waals surface area contributed by atoms with E-state index in [2.05, 4.69) is 5.32 Å². The summed E-state index contributed by atoms with van der Waals surface area (Å²) in [5.74, 6) is 0.760. The van der Waals surface area contributed by atoms with Crippen molar-refractivity contribution >= 4 is 21.6 Å². The molecule has 0 fully saturated rings. The first kappa shape index (κ1) is 23.6. The van der Waals surface area contributed by atoms with E-state index in [0.717, 1.165) is 29.7 Å². The molecular formula is C26H28N2O5S. The number of anilines is 1. The lowest BCUT2D eigenvalue weighted by molar-refractivity contribution is 0.0950. The smallest absolute Gasteiger partial charge is 0.264 e. The van der Waals surface area contributed by atoms with Crippen LogP contribution >= 0.6 is 0 Å². The molecule has 0 unspecified atom stereocenters. The second kappa shape index (κ2) is 10.2. The highest BCUT2D eigenvalue weighted by molar-refractivity contribution is 7.92. The van der Waals surface area contributed by atoms with E-state index in [1.807, 2.05) is 42.5 Å². The molecule has 1 aliphatic rings. The van der Waals surface area contributed by atoms with Crippen molar-refractivity contribution in [3.63, 3.8) is 0 Å². The Morgan fingerprint density at radius 1 is 1.00 bits per heavy atom. The van der Waals surface area contributed by atoms with E-state index >= 15 is 0 Å². The maximum absolute atomic E-state index is 13.4. The minimum Gasteiger partial charge on any atom is -0.497 e. The van der Waals surface area contributed by atoms with Gasteiger partial charge < -0.3 is 14.8 Å². The van der Waals surface area contributed by atoms with Crippen molar-refractivity contribution in [2.75, 3.05) is 31.6 Å². The molecule has 0 aliphatic carbocycles. The number of sulfonamides is 1. The van der Waals surface area contributed by atoms with Gasteiger partial charge in [0.1, 0.15) is 11.5 Å². The van der Waals surface area contributed by atoms with Crippen LogP contribution in [0.5, 0.6) is 11.5 Å². The normalized spacial score (nSPS) is 12.8. The lowest BCUT2D eigenvalue weighted by atomic mass is 10.1. The molecule has 0 spiro atoms. The van der Waals surface area contributed by atoms with E-state index in [4.69, 9.17) is 9.47 Å². The molecule has 0 bridgehead atoms. The molecule has 1 aliphatic heterocycles. The Labute approximate surface area is 200 Å². The number of para-hydroxylation sites is 1. The number of rotatable bonds is 9. The zero-order valence-corrected chi connectivity index (χ0v) is 20.1. The molecule has 1 N–H and O–H groups in total. The molecule has 34 heavy (non-hydrogen) atoms. The third-order valence-corrected chi connectivity index (χ3v) is 7.74. The summed E-state index contributed by atoms with van der Waals surface area (Å²) in [5, 5.41) is 2.88. The van der Waals surface area contributed by atoms with Crippen LogP contribution in [0.25, 0.3) is 0 Å². The number of methoxy groups -OCH3 is 2. The Kier molecular flexibility index (Phi) is 7.07. The standard InChI is InChI=1S/C26H28N2O5S/c1-32-21-11-9-19(10-12-21)6-5-16-27-26(29)23-18-22(13-14-25(23)33-2)34(30,31)28-17-15-20-7-3-4-8-24(20)28/h3-4,7-14,18H,5-6,15-17H2,1-2H3,(H,27,29). The Balaban J connectivity index is 1.46. The number of benzene rings is 3. The largest absolute Gasteiger partial charge is 0.497 e. The van der Waals surface area contributed by atoms with E-state index in [0.29, 0.717) is 30.9 Å². The predicted octanol–water partition coefficient (Wildman–Crippen LogP) is 3.82. The first-order valence-electron chi connectivity index (χ1n) is 11.1. The van der Waals surface area contributed by atoms with Crippen LogP contribution in [-0.2, 0) is 22.9 Å². The molecule has 7 nitrogen and oxygen atoms in total. The van der Waals surface area contributed by atoms with Crippen molar-refractivity contribution in [3.8, 4) is 11.5 Å². The van der Waals surface area contributed by atoms with Crippen LogP contribution in [0.3, 0.4) is 0 Å². The van der Waals surface area contributed by atoms with Crippen molar-refractivity contribution in [3.05, 3.63) is 83.4 Å². The predicted molar refractivity (Wildman–Crippen MR) is 131 cm³/mol. The minimum atomic E-state index is -3.81. The number of carbonyl (C=O) groups is 1. The van der Waals surface area contributed by atoms with E-state index in [1.54, 1.807) is 13.2 Å². The summed E-state index contributed by atoms with van der Waals surface area (Å²) in [6.45, 7) is 0.824. The summed E-state index contributed by atoms with van der Waals surface area (Å²) in [6.07, 6.45) is 2.19. The van der Waals surface area contributed by atoms with E-state index in [-0.39, 0.29) is 16.4 Å². The molecule has 0 saturated carbocycles. The monoisotopic (exact) mass is 480 g/mol. The Morgan fingerprint density at radius 2 is 1.76 bits per heavy atom. The molecule has 3 aromatic rings. The van der Waals surface area contributed by atoms with Crippen molar-refractivity contribution in [2.45, 2.75) is 24.2 Å². The lowest BCUT2D eigenvalue weighted by Crippen LogP contribution is -2.30. The zero-order valence-electron chi connectivity index (χ0n) is 19.3. The second-order valence-corrected chi connectivity index (χ2v) is 9.89. The molecule has 3 aromatic carbocycles. The first-order chi connectivity index (χ1) is 16.4. The van der Waals surface area contributed by atoms with Gasteiger partial charge in [-0.25, -0.2) is 8.42 Å². The van der Waals surface area contributed by atoms with Gasteiger partial charge in [0.15, 0.2) is 0 Å². The van der Waals surface area contributed by atoms with Crippen LogP contribution in [0.4, 0.5) is 5.69 Å². The molecule has 0 aromatic heterocycles. The number of ether oxygens (including phenoxy) is 2. The average molecular weight is 481 g/mol. The topological polar surface area (TPSA) is 84.9 Å². The number of nitrogens with zero attached hydrogens (tertiary/aromatic N) is 1. The van der Waals surface area contributed by atoms with Gasteiger partial charge in [-0.15, -0.1) is 0 Å². The molecule has 178 valence electrons. The number of fused-ring (bicyclic) bond motifs is 1. The summed E-state index contributed by atoms with van der Waals surface area (Å²) >= 11 is 0. The van der Waals surface area contributed by atoms with E-state index in [9.17, 15) is 13.2 Å². The third-order valence-electron chi connectivity index (χ3n) is 5.93. The molecule has 0 radical (unpaired) electrons. The Morgan fingerprint density at radius 3 is 2.50 bits per heavy atom. The van der Waals surface area contributed by atoms with Crippen LogP contribution < -0.4 is 19.1 Å². The molecular weight excluding hydrogens is 452 g/mol. The second-order valence-electron chi connectivity index (χ2n) is 8.03. The van der Waals surface area contributed by atoms with Crippen molar-refractivity contribution in [1.29, 1.82) is 0 Å². The van der Waals surface area contributed by atoms with E-state index < -0.39 is 10.0 Å². The van der Waals surface area contributed by atoms with Gasteiger partial charge in [0, 0.05) is 13.1 Å². The van der Waals surface area contributed by atoms with Gasteiger partial charge in [-0.1, -0.05) is 30.3 Å². The Bertz CT molecular complexity index is 1270. The fourth-order valence-electron chi connectivity index (χ4n) is 4.09. The molecule has 0 saturated heterocycles. The van der Waals surface area contributed by atoms with Crippen molar-refractivity contribution in [1.82, 2.24) is 5.32 Å². The fourth-order valence-corrected chi connectivity index (χ4v) is 5.62. The molecule has 1 amide bonds. The first-order valence-corrected chi connectivity index (χ1v) is 12.6. The quantitative estimate of drug-likeness (QED) is 0.471. The number of hydrogen-bond acceptors (Lipinski definition) is 5. The maximum atomic E-state index is 13.4. The highest BCUT2D eigenvalue weighted by Gasteiger charge is 2.31. The lowest BCUT2D eigenvalue weighted by Gasteiger charge is -2.20. The van der Waals surface area contributed by atoms with Crippen LogP contribution in [0.2, 0.25) is 0 Å². The van der Waals surface area contributed by atoms with Gasteiger partial charge in [0.25, 0.3) is 15.9 Å². The molecule has 4 rings (SSSR count). The zero-order chi connectivity index (χ0) is 24.1. The summed E-state index contributed by atoms with van der Waals surface area (Å²) in [5.41, 5.74) is 3.02. The molecule has 1 heterocycles. The summed E-state index contributed by atoms with van der Waals surface area (Å²) in [7, 11) is -0.725. The number of carbonyl (C=O) groups excluding carboxylic acids is 1. The number of nitrogens with one attached hydrogen (secondary N) is 1. The van der Waals surface area contributed by atoms with Gasteiger partial charge in [0.2, 0.25) is 0 Å². The van der Waals surface area contributed by atoms with Crippen LogP contribution in [0.1, 0.15) is 27.9 Å². The molecule has 0 atom stereocenters. The summed E-state index contributed by atoms with van der Waals surface area (Å²) < 4.78 is 38.7. The van der Waals surface area contributed by atoms with Gasteiger partial charge >= 0.3 is 0 Å². The highest BCUT2D eigenvalue weighted by atomic mass is 32.2. The minimum absolute atomic E-state index is 0.0633. The van der Waals surface area contributed by atoms with E-state index in [1.165, 1.54) is 29.6 Å². The Hall–Kier alpha value is -3.52. The number of amides is 1. The number of hydrogen-bond donors (Lipinski definition) is 1. The maximum Gasteiger partial charge on any atom is 0.264 e. The van der Waals surface area contributed by atoms with Crippen LogP contribution in [-0.4, -0.2) is 41.6 Å². The average Bonchev–Trinajstić information content (AvgIpc) is 3.31. The third kappa shape index (κ3) is 4.87. The highest BCUT2D eigenvalue weighted by Crippen LogP contribution is 2.33. The molecule has 8 heteroatoms. The van der Waals surface area contributed by atoms with Crippen molar-refractivity contribution < 1.29 is 22.7 Å². The van der Waals surface area contributed by atoms with Crippen LogP contribution in [0.15, 0.2) is 71.6 Å². The fraction of sp³-hybridized carbons (Fsp3) is 0.269. The van der Waals surface area contributed by atoms with Gasteiger partial charge in [-0.05, 0) is 66.8 Å². The SMILES string of the molecule is COc1ccc(CCCNC(=O)c2cc(S(=O)(=O)N3CCc4ccccc43)ccc2OC)cc1. The van der Waals surface area contributed by atoms with Gasteiger partial charge in [-0.3, -0.25) is 9.10 Å². The van der Waals surface area contributed by atoms with Crippen molar-refractivity contribution in [2.24, 2.45) is 0 Å². The summed E-state index contributed by atoms with van der Waals surface area (Å²) in [4.78, 5) is 13.0. The van der Waals surface area contributed by atoms with Gasteiger partial charge in [-0.2, -0.15) is 0 Å². The van der Waals surface area contributed by atoms with Crippen LogP contribution in [0, 0.1) is 0 Å².